The van der Waals surface area contributed by atoms with E-state index in [4.69, 9.17) is 28.8 Å². The van der Waals surface area contributed by atoms with E-state index in [0.29, 0.717) is 6.42 Å². The smallest absolute Gasteiger partial charge is 0.403 e. The minimum atomic E-state index is -1.01. The van der Waals surface area contributed by atoms with Crippen LogP contribution in [0, 0.1) is 5.41 Å². The van der Waals surface area contributed by atoms with Gasteiger partial charge in [-0.05, 0) is 113 Å². The van der Waals surface area contributed by atoms with E-state index in [1.807, 2.05) is 0 Å². The zero-order chi connectivity index (χ0) is 27.6. The Balaban J connectivity index is 0.000000466. The van der Waals surface area contributed by atoms with Crippen LogP contribution in [0.15, 0.2) is 0 Å². The SMILES string of the molecule is CC(C)(O)C(C)(C)O.CC1(C)C[C@@H](B2OC(C)(C)C(C)(C)O2)[C@@H](B2OC(C)(C)C(C)(C)O2)C[C@H]1O. The number of aliphatic hydroxyl groups is 3. The summed E-state index contributed by atoms with van der Waals surface area (Å²) in [5, 5.41) is 29.0. The molecule has 0 aromatic carbocycles. The summed E-state index contributed by atoms with van der Waals surface area (Å²) in [5.74, 6) is 0.114. The van der Waals surface area contributed by atoms with Crippen molar-refractivity contribution in [3.05, 3.63) is 0 Å². The summed E-state index contributed by atoms with van der Waals surface area (Å²) in [4.78, 5) is 0. The van der Waals surface area contributed by atoms with E-state index in [-0.39, 0.29) is 42.5 Å². The fourth-order valence-corrected chi connectivity index (χ4v) is 4.38. The topological polar surface area (TPSA) is 97.6 Å². The van der Waals surface area contributed by atoms with Crippen LogP contribution in [-0.4, -0.2) is 69.3 Å². The van der Waals surface area contributed by atoms with E-state index in [1.165, 1.54) is 0 Å². The number of aliphatic hydroxyl groups excluding tert-OH is 1. The summed E-state index contributed by atoms with van der Waals surface area (Å²) in [7, 11) is -0.699. The molecule has 0 amide bonds. The highest BCUT2D eigenvalue weighted by molar-refractivity contribution is 6.55. The molecule has 0 aromatic heterocycles. The molecule has 3 rings (SSSR count). The molecule has 204 valence electrons. The van der Waals surface area contributed by atoms with Gasteiger partial charge in [0.05, 0.1) is 39.7 Å². The van der Waals surface area contributed by atoms with Crippen LogP contribution in [0.2, 0.25) is 11.6 Å². The van der Waals surface area contributed by atoms with Gasteiger partial charge in [0, 0.05) is 0 Å². The Labute approximate surface area is 214 Å². The molecule has 0 bridgehead atoms. The minimum absolute atomic E-state index is 0.0174. The van der Waals surface area contributed by atoms with Crippen LogP contribution >= 0.6 is 0 Å². The molecule has 1 saturated carbocycles. The van der Waals surface area contributed by atoms with Crippen LogP contribution in [0.25, 0.3) is 0 Å². The Kier molecular flexibility index (Phi) is 8.21. The second-order valence-electron chi connectivity index (χ2n) is 14.6. The molecule has 2 aliphatic heterocycles. The molecule has 2 heterocycles. The quantitative estimate of drug-likeness (QED) is 0.489. The summed E-state index contributed by atoms with van der Waals surface area (Å²) >= 11 is 0. The number of rotatable bonds is 3. The Morgan fingerprint density at radius 1 is 0.600 bits per heavy atom. The van der Waals surface area contributed by atoms with Crippen LogP contribution in [-0.2, 0) is 18.6 Å². The normalized spacial score (nSPS) is 33.3. The van der Waals surface area contributed by atoms with Crippen molar-refractivity contribution in [1.82, 2.24) is 0 Å². The van der Waals surface area contributed by atoms with Gasteiger partial charge in [-0.1, -0.05) is 13.8 Å². The summed E-state index contributed by atoms with van der Waals surface area (Å²) in [6, 6.07) is 0. The van der Waals surface area contributed by atoms with Crippen LogP contribution in [0.1, 0.15) is 110 Å². The predicted octanol–water partition coefficient (Wildman–Crippen LogP) is 4.62. The molecule has 0 unspecified atom stereocenters. The van der Waals surface area contributed by atoms with Gasteiger partial charge in [0.1, 0.15) is 0 Å². The van der Waals surface area contributed by atoms with E-state index < -0.39 is 28.5 Å². The lowest BCUT2D eigenvalue weighted by atomic mass is 9.44. The minimum Gasteiger partial charge on any atom is -0.403 e. The van der Waals surface area contributed by atoms with Gasteiger partial charge in [-0.25, -0.2) is 0 Å². The van der Waals surface area contributed by atoms with Crippen molar-refractivity contribution in [3.63, 3.8) is 0 Å². The molecule has 3 fully saturated rings. The lowest BCUT2D eigenvalue weighted by Gasteiger charge is -2.45. The van der Waals surface area contributed by atoms with E-state index >= 15 is 0 Å². The van der Waals surface area contributed by atoms with Crippen molar-refractivity contribution in [2.24, 2.45) is 5.41 Å². The number of hydrogen-bond donors (Lipinski definition) is 3. The molecule has 35 heavy (non-hydrogen) atoms. The first-order chi connectivity index (χ1) is 15.2. The molecule has 0 radical (unpaired) electrons. The highest BCUT2D eigenvalue weighted by atomic mass is 16.7. The summed E-state index contributed by atoms with van der Waals surface area (Å²) in [5.41, 5.74) is -3.75. The summed E-state index contributed by atoms with van der Waals surface area (Å²) in [6.45, 7) is 27.2. The fraction of sp³-hybridized carbons (Fsp3) is 1.00. The van der Waals surface area contributed by atoms with Crippen LogP contribution in [0.5, 0.6) is 0 Å². The third-order valence-corrected chi connectivity index (χ3v) is 9.45. The Morgan fingerprint density at radius 2 is 0.886 bits per heavy atom. The van der Waals surface area contributed by atoms with Crippen LogP contribution < -0.4 is 0 Å². The van der Waals surface area contributed by atoms with Crippen LogP contribution in [0.4, 0.5) is 0 Å². The van der Waals surface area contributed by atoms with Crippen molar-refractivity contribution in [2.45, 2.75) is 161 Å². The molecular formula is C26H52B2O7. The Morgan fingerprint density at radius 3 is 1.17 bits per heavy atom. The van der Waals surface area contributed by atoms with Gasteiger partial charge < -0.3 is 33.9 Å². The third kappa shape index (κ3) is 6.30. The highest BCUT2D eigenvalue weighted by Gasteiger charge is 2.63. The molecule has 0 spiro atoms. The first-order valence-corrected chi connectivity index (χ1v) is 13.1. The molecule has 3 atom stereocenters. The van der Waals surface area contributed by atoms with Gasteiger partial charge in [-0.2, -0.15) is 0 Å². The van der Waals surface area contributed by atoms with E-state index in [1.54, 1.807) is 27.7 Å². The van der Waals surface area contributed by atoms with E-state index in [2.05, 4.69) is 69.2 Å². The first-order valence-electron chi connectivity index (χ1n) is 13.1. The largest absolute Gasteiger partial charge is 0.461 e. The molecule has 7 nitrogen and oxygen atoms in total. The molecular weight excluding hydrogens is 446 g/mol. The second kappa shape index (κ2) is 9.25. The van der Waals surface area contributed by atoms with Gasteiger partial charge in [0.15, 0.2) is 0 Å². The Hall–Kier alpha value is -0.150. The summed E-state index contributed by atoms with van der Waals surface area (Å²) < 4.78 is 25.6. The lowest BCUT2D eigenvalue weighted by Crippen LogP contribution is -2.47. The molecule has 3 N–H and O–H groups in total. The maximum absolute atomic E-state index is 10.8. The molecule has 1 aliphatic carbocycles. The average Bonchev–Trinajstić information content (AvgIpc) is 2.95. The average molecular weight is 498 g/mol. The third-order valence-electron chi connectivity index (χ3n) is 9.45. The molecule has 3 aliphatic rings. The van der Waals surface area contributed by atoms with Gasteiger partial charge in [0.2, 0.25) is 0 Å². The van der Waals surface area contributed by atoms with E-state index in [9.17, 15) is 5.11 Å². The van der Waals surface area contributed by atoms with Crippen molar-refractivity contribution < 1.29 is 33.9 Å². The van der Waals surface area contributed by atoms with E-state index in [0.717, 1.165) is 6.42 Å². The zero-order valence-electron chi connectivity index (χ0n) is 24.8. The second-order valence-corrected chi connectivity index (χ2v) is 14.6. The maximum atomic E-state index is 10.8. The van der Waals surface area contributed by atoms with Crippen molar-refractivity contribution >= 4 is 14.2 Å². The molecule has 0 aromatic rings. The van der Waals surface area contributed by atoms with Gasteiger partial charge in [0.25, 0.3) is 0 Å². The summed E-state index contributed by atoms with van der Waals surface area (Å²) in [6.07, 6.45) is 1.03. The standard InChI is InChI=1S/C20H38B2O5.C6H14O2/c1-16(2)12-14(22-26-19(7,8)20(9,10)27-22)13(11-15(16)23)21-24-17(3,4)18(5,6)25-21;1-5(2,7)6(3,4)8/h13-15,23H,11-12H2,1-10H3;7-8H,1-4H3/t13-,14+,15+;/m0./s1. The first kappa shape index (κ1) is 31.1. The highest BCUT2D eigenvalue weighted by Crippen LogP contribution is 2.56. The maximum Gasteiger partial charge on any atom is 0.461 e. The van der Waals surface area contributed by atoms with Gasteiger partial charge in [-0.15, -0.1) is 0 Å². The van der Waals surface area contributed by atoms with Crippen LogP contribution in [0.3, 0.4) is 0 Å². The lowest BCUT2D eigenvalue weighted by molar-refractivity contribution is -0.107. The number of hydrogen-bond acceptors (Lipinski definition) is 7. The zero-order valence-corrected chi connectivity index (χ0v) is 24.8. The Bertz CT molecular complexity index is 706. The van der Waals surface area contributed by atoms with Crippen molar-refractivity contribution in [1.29, 1.82) is 0 Å². The van der Waals surface area contributed by atoms with Gasteiger partial charge in [-0.3, -0.25) is 0 Å². The fourth-order valence-electron chi connectivity index (χ4n) is 4.38. The molecule has 2 saturated heterocycles. The van der Waals surface area contributed by atoms with Gasteiger partial charge >= 0.3 is 14.2 Å². The monoisotopic (exact) mass is 498 g/mol. The van der Waals surface area contributed by atoms with Crippen molar-refractivity contribution in [3.8, 4) is 0 Å². The predicted molar refractivity (Wildman–Crippen MR) is 141 cm³/mol. The van der Waals surface area contributed by atoms with Crippen molar-refractivity contribution in [2.75, 3.05) is 0 Å². The molecule has 9 heteroatoms.